The van der Waals surface area contributed by atoms with Crippen molar-refractivity contribution in [2.24, 2.45) is 0 Å². The number of hydrogen-bond acceptors (Lipinski definition) is 4. The number of carbonyl (C=O) groups is 1. The van der Waals surface area contributed by atoms with Gasteiger partial charge in [-0.1, -0.05) is 6.07 Å². The van der Waals surface area contributed by atoms with Gasteiger partial charge in [-0.3, -0.25) is 4.79 Å². The minimum atomic E-state index is -0.260. The Labute approximate surface area is 111 Å². The Morgan fingerprint density at radius 1 is 1.21 bits per heavy atom. The van der Waals surface area contributed by atoms with Crippen molar-refractivity contribution >= 4 is 11.6 Å². The minimum Gasteiger partial charge on any atom is -0.508 e. The molecule has 1 aromatic carbocycles. The summed E-state index contributed by atoms with van der Waals surface area (Å²) in [4.78, 5) is 12.2. The van der Waals surface area contributed by atoms with Gasteiger partial charge in [0.25, 0.3) is 5.91 Å². The molecule has 0 bridgehead atoms. The maximum Gasteiger partial charge on any atom is 0.257 e. The largest absolute Gasteiger partial charge is 0.508 e. The third-order valence-electron chi connectivity index (χ3n) is 2.90. The smallest absolute Gasteiger partial charge is 0.257 e. The molecular weight excluding hydrogens is 242 g/mol. The molecule has 0 fully saturated rings. The van der Waals surface area contributed by atoms with Gasteiger partial charge in [0, 0.05) is 11.3 Å². The first kappa shape index (κ1) is 13.0. The maximum absolute atomic E-state index is 12.2. The zero-order valence-corrected chi connectivity index (χ0v) is 11.1. The SMILES string of the molecule is Cc1cc(C(=O)Nc2cccc(O)c2C)c(C)nn1. The van der Waals surface area contributed by atoms with Crippen molar-refractivity contribution in [3.8, 4) is 5.75 Å². The summed E-state index contributed by atoms with van der Waals surface area (Å²) in [5, 5.41) is 20.2. The number of rotatable bonds is 2. The Hall–Kier alpha value is -2.43. The normalized spacial score (nSPS) is 10.3. The first-order chi connectivity index (χ1) is 8.99. The summed E-state index contributed by atoms with van der Waals surface area (Å²) in [5.74, 6) is -0.109. The van der Waals surface area contributed by atoms with Gasteiger partial charge in [-0.15, -0.1) is 0 Å². The van der Waals surface area contributed by atoms with Crippen LogP contribution < -0.4 is 5.32 Å². The van der Waals surface area contributed by atoms with Crippen molar-refractivity contribution in [2.75, 3.05) is 5.32 Å². The summed E-state index contributed by atoms with van der Waals surface area (Å²) < 4.78 is 0. The average molecular weight is 257 g/mol. The zero-order valence-electron chi connectivity index (χ0n) is 11.1. The Morgan fingerprint density at radius 3 is 2.68 bits per heavy atom. The van der Waals surface area contributed by atoms with E-state index in [9.17, 15) is 9.90 Å². The average Bonchev–Trinajstić information content (AvgIpc) is 2.38. The predicted molar refractivity (Wildman–Crippen MR) is 72.3 cm³/mol. The van der Waals surface area contributed by atoms with E-state index in [0.29, 0.717) is 28.2 Å². The van der Waals surface area contributed by atoms with E-state index in [1.54, 1.807) is 45.0 Å². The molecule has 0 aliphatic rings. The number of aryl methyl sites for hydroxylation is 2. The molecule has 2 aromatic rings. The minimum absolute atomic E-state index is 0.151. The molecule has 2 N–H and O–H groups in total. The van der Waals surface area contributed by atoms with Crippen molar-refractivity contribution < 1.29 is 9.90 Å². The molecule has 5 heteroatoms. The molecule has 0 spiro atoms. The van der Waals surface area contributed by atoms with Crippen molar-refractivity contribution in [2.45, 2.75) is 20.8 Å². The number of amides is 1. The lowest BCUT2D eigenvalue weighted by molar-refractivity contribution is 0.102. The number of phenolic OH excluding ortho intramolecular Hbond substituents is 1. The highest BCUT2D eigenvalue weighted by molar-refractivity contribution is 6.05. The monoisotopic (exact) mass is 257 g/mol. The molecule has 2 rings (SSSR count). The number of hydrogen-bond donors (Lipinski definition) is 2. The number of nitrogens with one attached hydrogen (secondary N) is 1. The van der Waals surface area contributed by atoms with E-state index in [1.165, 1.54) is 0 Å². The van der Waals surface area contributed by atoms with Crippen LogP contribution in [0.3, 0.4) is 0 Å². The van der Waals surface area contributed by atoms with Gasteiger partial charge in [-0.25, -0.2) is 0 Å². The van der Waals surface area contributed by atoms with E-state index >= 15 is 0 Å². The maximum atomic E-state index is 12.2. The quantitative estimate of drug-likeness (QED) is 0.866. The first-order valence-electron chi connectivity index (χ1n) is 5.90. The zero-order chi connectivity index (χ0) is 14.0. The van der Waals surface area contributed by atoms with E-state index in [4.69, 9.17) is 0 Å². The van der Waals surface area contributed by atoms with E-state index in [0.717, 1.165) is 0 Å². The Morgan fingerprint density at radius 2 is 1.95 bits per heavy atom. The van der Waals surface area contributed by atoms with Crippen molar-refractivity contribution in [1.29, 1.82) is 0 Å². The Bertz CT molecular complexity index is 639. The van der Waals surface area contributed by atoms with Gasteiger partial charge < -0.3 is 10.4 Å². The van der Waals surface area contributed by atoms with Gasteiger partial charge in [-0.05, 0) is 39.0 Å². The molecule has 0 radical (unpaired) electrons. The molecule has 0 unspecified atom stereocenters. The molecule has 1 amide bonds. The number of nitrogens with zero attached hydrogens (tertiary/aromatic N) is 2. The third-order valence-corrected chi connectivity index (χ3v) is 2.90. The number of carbonyl (C=O) groups excluding carboxylic acids is 1. The van der Waals surface area contributed by atoms with E-state index in [2.05, 4.69) is 15.5 Å². The molecule has 0 saturated heterocycles. The van der Waals surface area contributed by atoms with Crippen LogP contribution in [-0.2, 0) is 0 Å². The van der Waals surface area contributed by atoms with Crippen LogP contribution in [0.1, 0.15) is 27.3 Å². The van der Waals surface area contributed by atoms with Crippen molar-refractivity contribution in [3.63, 3.8) is 0 Å². The van der Waals surface area contributed by atoms with Gasteiger partial charge in [0.15, 0.2) is 0 Å². The van der Waals surface area contributed by atoms with Gasteiger partial charge in [0.1, 0.15) is 5.75 Å². The van der Waals surface area contributed by atoms with E-state index in [1.807, 2.05) is 0 Å². The second-order valence-corrected chi connectivity index (χ2v) is 4.39. The third kappa shape index (κ3) is 2.70. The van der Waals surface area contributed by atoms with Gasteiger partial charge in [0.05, 0.1) is 17.0 Å². The second-order valence-electron chi connectivity index (χ2n) is 4.39. The summed E-state index contributed by atoms with van der Waals surface area (Å²) in [5.41, 5.74) is 2.95. The summed E-state index contributed by atoms with van der Waals surface area (Å²) in [6, 6.07) is 6.69. The summed E-state index contributed by atoms with van der Waals surface area (Å²) >= 11 is 0. The molecule has 98 valence electrons. The number of aromatic hydroxyl groups is 1. The molecule has 1 heterocycles. The number of anilines is 1. The summed E-state index contributed by atoms with van der Waals surface area (Å²) in [6.45, 7) is 5.26. The lowest BCUT2D eigenvalue weighted by atomic mass is 10.1. The molecule has 0 aliphatic heterocycles. The number of benzene rings is 1. The van der Waals surface area contributed by atoms with Crippen LogP contribution in [-0.4, -0.2) is 21.2 Å². The van der Waals surface area contributed by atoms with Crippen molar-refractivity contribution in [3.05, 3.63) is 46.8 Å². The number of phenols is 1. The molecule has 0 aliphatic carbocycles. The summed E-state index contributed by atoms with van der Waals surface area (Å²) in [6.07, 6.45) is 0. The van der Waals surface area contributed by atoms with Crippen molar-refractivity contribution in [1.82, 2.24) is 10.2 Å². The van der Waals surface area contributed by atoms with Crippen LogP contribution >= 0.6 is 0 Å². The Kier molecular flexibility index (Phi) is 3.46. The highest BCUT2D eigenvalue weighted by Gasteiger charge is 2.13. The van der Waals surface area contributed by atoms with Gasteiger partial charge in [0.2, 0.25) is 0 Å². The Balaban J connectivity index is 2.31. The van der Waals surface area contributed by atoms with Crippen LogP contribution in [0.25, 0.3) is 0 Å². The lowest BCUT2D eigenvalue weighted by Gasteiger charge is -2.10. The molecule has 5 nitrogen and oxygen atoms in total. The molecule has 1 aromatic heterocycles. The van der Waals surface area contributed by atoms with Crippen LogP contribution in [0.15, 0.2) is 24.3 Å². The van der Waals surface area contributed by atoms with Crippen LogP contribution in [0.5, 0.6) is 5.75 Å². The topological polar surface area (TPSA) is 75.1 Å². The second kappa shape index (κ2) is 5.06. The standard InChI is InChI=1S/C14H15N3O2/c1-8-7-11(10(3)17-16-8)14(19)15-12-5-4-6-13(18)9(12)2/h4-7,18H,1-3H3,(H,15,19). The van der Waals surface area contributed by atoms with Crippen LogP contribution in [0, 0.1) is 20.8 Å². The first-order valence-corrected chi connectivity index (χ1v) is 5.90. The van der Waals surface area contributed by atoms with Gasteiger partial charge in [-0.2, -0.15) is 10.2 Å². The highest BCUT2D eigenvalue weighted by Crippen LogP contribution is 2.24. The fourth-order valence-corrected chi connectivity index (χ4v) is 1.73. The van der Waals surface area contributed by atoms with Crippen LogP contribution in [0.4, 0.5) is 5.69 Å². The summed E-state index contributed by atoms with van der Waals surface area (Å²) in [7, 11) is 0. The fraction of sp³-hybridized carbons (Fsp3) is 0.214. The lowest BCUT2D eigenvalue weighted by Crippen LogP contribution is -2.15. The van der Waals surface area contributed by atoms with Gasteiger partial charge >= 0.3 is 0 Å². The molecule has 19 heavy (non-hydrogen) atoms. The number of aromatic nitrogens is 2. The predicted octanol–water partition coefficient (Wildman–Crippen LogP) is 2.36. The molecule has 0 saturated carbocycles. The van der Waals surface area contributed by atoms with E-state index in [-0.39, 0.29) is 11.7 Å². The fourth-order valence-electron chi connectivity index (χ4n) is 1.73. The van der Waals surface area contributed by atoms with E-state index < -0.39 is 0 Å². The molecule has 0 atom stereocenters. The van der Waals surface area contributed by atoms with Crippen LogP contribution in [0.2, 0.25) is 0 Å². The highest BCUT2D eigenvalue weighted by atomic mass is 16.3. The molecular formula is C14H15N3O2.